The third-order valence-electron chi connectivity index (χ3n) is 5.87. The fraction of sp³-hybridized carbons (Fsp3) is 0. The van der Waals surface area contributed by atoms with E-state index >= 15 is 0 Å². The smallest absolute Gasteiger partial charge is 0.246 e. The molecule has 4 aromatic carbocycles. The normalized spacial score (nSPS) is 12.2. The molecule has 0 unspecified atom stereocenters. The SMILES string of the molecule is N#Cc1cccc(B2c3ccccc3-n3c4ccccc4c4cccc2c43)c1. The molecule has 0 spiro atoms. The van der Waals surface area contributed by atoms with Gasteiger partial charge in [-0.15, -0.1) is 0 Å². The van der Waals surface area contributed by atoms with Crippen molar-refractivity contribution in [1.29, 1.82) is 5.26 Å². The number of hydrogen-bond acceptors (Lipinski definition) is 1. The summed E-state index contributed by atoms with van der Waals surface area (Å²) >= 11 is 0. The zero-order valence-corrected chi connectivity index (χ0v) is 15.1. The quantitative estimate of drug-likeness (QED) is 0.416. The fourth-order valence-electron chi connectivity index (χ4n) is 4.78. The Morgan fingerprint density at radius 3 is 2.39 bits per heavy atom. The summed E-state index contributed by atoms with van der Waals surface area (Å²) in [5, 5.41) is 12.0. The molecular formula is C25H15BN2. The van der Waals surface area contributed by atoms with Crippen molar-refractivity contribution in [3.8, 4) is 11.8 Å². The fourth-order valence-corrected chi connectivity index (χ4v) is 4.78. The molecule has 5 aromatic rings. The molecule has 1 aliphatic rings. The standard InChI is InChI=1S/C25H15BN2/c27-16-17-7-5-8-18(15-17)26-21-11-2-4-14-24(21)28-23-13-3-1-9-19(23)20-10-6-12-22(26)25(20)28/h1-15H. The Bertz CT molecular complexity index is 1440. The molecule has 2 heterocycles. The summed E-state index contributed by atoms with van der Waals surface area (Å²) in [6.45, 7) is 0.116. The minimum absolute atomic E-state index is 0.116. The molecule has 6 rings (SSSR count). The van der Waals surface area contributed by atoms with E-state index in [0.717, 1.165) is 5.46 Å². The van der Waals surface area contributed by atoms with Gasteiger partial charge in [0.1, 0.15) is 0 Å². The molecule has 128 valence electrons. The molecule has 0 saturated heterocycles. The van der Waals surface area contributed by atoms with Crippen LogP contribution >= 0.6 is 0 Å². The number of nitrogens with zero attached hydrogens (tertiary/aromatic N) is 2. The maximum Gasteiger partial charge on any atom is 0.246 e. The van der Waals surface area contributed by atoms with E-state index in [1.807, 2.05) is 18.2 Å². The van der Waals surface area contributed by atoms with Crippen LogP contribution in [-0.2, 0) is 0 Å². The first-order valence-corrected chi connectivity index (χ1v) is 9.48. The van der Waals surface area contributed by atoms with Gasteiger partial charge in [-0.25, -0.2) is 0 Å². The molecule has 0 atom stereocenters. The predicted molar refractivity (Wildman–Crippen MR) is 117 cm³/mol. The third kappa shape index (κ3) is 1.92. The molecule has 0 N–H and O–H groups in total. The second kappa shape index (κ2) is 5.61. The van der Waals surface area contributed by atoms with Gasteiger partial charge in [0.05, 0.1) is 17.1 Å². The lowest BCUT2D eigenvalue weighted by Gasteiger charge is -2.27. The lowest BCUT2D eigenvalue weighted by molar-refractivity contribution is 1.19. The molecule has 0 radical (unpaired) electrons. The number of hydrogen-bond donors (Lipinski definition) is 0. The van der Waals surface area contributed by atoms with Gasteiger partial charge in [-0.2, -0.15) is 5.26 Å². The van der Waals surface area contributed by atoms with E-state index in [0.29, 0.717) is 5.56 Å². The van der Waals surface area contributed by atoms with Crippen LogP contribution in [0, 0.1) is 11.3 Å². The Morgan fingerprint density at radius 1 is 0.714 bits per heavy atom. The number of fused-ring (bicyclic) bond motifs is 5. The number of nitriles is 1. The van der Waals surface area contributed by atoms with Crippen molar-refractivity contribution in [2.75, 3.05) is 0 Å². The minimum Gasteiger partial charge on any atom is -0.310 e. The van der Waals surface area contributed by atoms with E-state index in [4.69, 9.17) is 0 Å². The molecule has 2 nitrogen and oxygen atoms in total. The Labute approximate surface area is 163 Å². The van der Waals surface area contributed by atoms with E-state index in [9.17, 15) is 5.26 Å². The van der Waals surface area contributed by atoms with Gasteiger partial charge in [-0.1, -0.05) is 72.2 Å². The largest absolute Gasteiger partial charge is 0.310 e. The molecule has 0 aliphatic carbocycles. The van der Waals surface area contributed by atoms with E-state index in [-0.39, 0.29) is 6.71 Å². The van der Waals surface area contributed by atoms with Crippen LogP contribution in [0.5, 0.6) is 0 Å². The van der Waals surface area contributed by atoms with Crippen LogP contribution < -0.4 is 16.4 Å². The van der Waals surface area contributed by atoms with Crippen LogP contribution in [0.15, 0.2) is 91.0 Å². The van der Waals surface area contributed by atoms with E-state index in [1.165, 1.54) is 38.4 Å². The Balaban J connectivity index is 1.80. The maximum atomic E-state index is 9.41. The van der Waals surface area contributed by atoms with Gasteiger partial charge in [-0.05, 0) is 35.2 Å². The molecule has 0 saturated carbocycles. The first-order valence-electron chi connectivity index (χ1n) is 9.48. The Kier molecular flexibility index (Phi) is 3.07. The van der Waals surface area contributed by atoms with Gasteiger partial charge >= 0.3 is 0 Å². The molecule has 28 heavy (non-hydrogen) atoms. The van der Waals surface area contributed by atoms with Crippen LogP contribution in [0.4, 0.5) is 0 Å². The van der Waals surface area contributed by atoms with Gasteiger partial charge in [0.15, 0.2) is 0 Å². The van der Waals surface area contributed by atoms with Gasteiger partial charge in [0.25, 0.3) is 0 Å². The second-order valence-electron chi connectivity index (χ2n) is 7.33. The van der Waals surface area contributed by atoms with Gasteiger partial charge in [0, 0.05) is 22.0 Å². The summed E-state index contributed by atoms with van der Waals surface area (Å²) in [5.41, 5.74) is 8.17. The molecule has 1 aromatic heterocycles. The van der Waals surface area contributed by atoms with Crippen molar-refractivity contribution >= 4 is 44.9 Å². The Morgan fingerprint density at radius 2 is 1.46 bits per heavy atom. The summed E-state index contributed by atoms with van der Waals surface area (Å²) in [6.07, 6.45) is 0. The van der Waals surface area contributed by atoms with Crippen molar-refractivity contribution in [3.05, 3.63) is 96.6 Å². The van der Waals surface area contributed by atoms with Crippen molar-refractivity contribution < 1.29 is 0 Å². The van der Waals surface area contributed by atoms with Crippen LogP contribution in [0.1, 0.15) is 5.56 Å². The highest BCUT2D eigenvalue weighted by Crippen LogP contribution is 2.32. The number of para-hydroxylation sites is 3. The highest BCUT2D eigenvalue weighted by Gasteiger charge is 2.33. The summed E-state index contributed by atoms with van der Waals surface area (Å²) in [4.78, 5) is 0. The van der Waals surface area contributed by atoms with Gasteiger partial charge < -0.3 is 4.57 Å². The zero-order chi connectivity index (χ0) is 18.7. The van der Waals surface area contributed by atoms with Crippen LogP contribution in [0.3, 0.4) is 0 Å². The molecular weight excluding hydrogens is 339 g/mol. The predicted octanol–water partition coefficient (Wildman–Crippen LogP) is 3.48. The zero-order valence-electron chi connectivity index (χ0n) is 15.1. The summed E-state index contributed by atoms with van der Waals surface area (Å²) in [6, 6.07) is 34.2. The Hall–Kier alpha value is -3.77. The molecule has 0 fully saturated rings. The average molecular weight is 354 g/mol. The number of aromatic nitrogens is 1. The molecule has 0 amide bonds. The van der Waals surface area contributed by atoms with Crippen LogP contribution in [0.2, 0.25) is 0 Å². The van der Waals surface area contributed by atoms with Crippen molar-refractivity contribution in [1.82, 2.24) is 4.57 Å². The average Bonchev–Trinajstić information content (AvgIpc) is 3.10. The van der Waals surface area contributed by atoms with Crippen LogP contribution in [-0.4, -0.2) is 11.3 Å². The summed E-state index contributed by atoms with van der Waals surface area (Å²) in [7, 11) is 0. The van der Waals surface area contributed by atoms with Crippen LogP contribution in [0.25, 0.3) is 27.5 Å². The highest BCUT2D eigenvalue weighted by atomic mass is 15.0. The van der Waals surface area contributed by atoms with E-state index < -0.39 is 0 Å². The molecule has 3 heteroatoms. The lowest BCUT2D eigenvalue weighted by Crippen LogP contribution is -2.55. The highest BCUT2D eigenvalue weighted by molar-refractivity contribution is 6.98. The maximum absolute atomic E-state index is 9.41. The first kappa shape index (κ1) is 15.3. The van der Waals surface area contributed by atoms with Gasteiger partial charge in [-0.3, -0.25) is 0 Å². The second-order valence-corrected chi connectivity index (χ2v) is 7.33. The van der Waals surface area contributed by atoms with Crippen molar-refractivity contribution in [2.24, 2.45) is 0 Å². The van der Waals surface area contributed by atoms with Crippen molar-refractivity contribution in [2.45, 2.75) is 0 Å². The number of rotatable bonds is 1. The topological polar surface area (TPSA) is 28.7 Å². The monoisotopic (exact) mass is 354 g/mol. The molecule has 0 bridgehead atoms. The summed E-state index contributed by atoms with van der Waals surface area (Å²) in [5.74, 6) is 0. The summed E-state index contributed by atoms with van der Waals surface area (Å²) < 4.78 is 2.40. The van der Waals surface area contributed by atoms with E-state index in [1.54, 1.807) is 0 Å². The minimum atomic E-state index is 0.116. The number of benzene rings is 4. The molecule has 1 aliphatic heterocycles. The third-order valence-corrected chi connectivity index (χ3v) is 5.87. The van der Waals surface area contributed by atoms with Crippen molar-refractivity contribution in [3.63, 3.8) is 0 Å². The van der Waals surface area contributed by atoms with E-state index in [2.05, 4.69) is 83.4 Å². The van der Waals surface area contributed by atoms with Gasteiger partial charge in [0.2, 0.25) is 6.71 Å². The lowest BCUT2D eigenvalue weighted by atomic mass is 9.35. The first-order chi connectivity index (χ1) is 13.9.